The van der Waals surface area contributed by atoms with E-state index in [4.69, 9.17) is 4.74 Å². The van der Waals surface area contributed by atoms with Crippen LogP contribution in [0.4, 0.5) is 0 Å². The van der Waals surface area contributed by atoms with E-state index < -0.39 is 0 Å². The number of ether oxygens (including phenoxy) is 1. The quantitative estimate of drug-likeness (QED) is 0.530. The van der Waals surface area contributed by atoms with Gasteiger partial charge in [-0.1, -0.05) is 22.9 Å². The van der Waals surface area contributed by atoms with Crippen molar-refractivity contribution in [3.63, 3.8) is 0 Å². The summed E-state index contributed by atoms with van der Waals surface area (Å²) in [7, 11) is 0. The van der Waals surface area contributed by atoms with Crippen molar-refractivity contribution in [1.82, 2.24) is 0 Å². The Hall–Kier alpha value is -0.0500. The number of hydrogen-bond acceptors (Lipinski definition) is 2. The summed E-state index contributed by atoms with van der Waals surface area (Å²) in [6.45, 7) is 7.44. The molecule has 0 amide bonds. The fourth-order valence-electron chi connectivity index (χ4n) is 0.465. The molecule has 0 rings (SSSR count). The Bertz CT molecular complexity index is 138. The lowest BCUT2D eigenvalue weighted by molar-refractivity contribution is -0.158. The third-order valence-electron chi connectivity index (χ3n) is 1.04. The molecule has 0 aliphatic carbocycles. The van der Waals surface area contributed by atoms with Crippen LogP contribution in [-0.2, 0) is 9.53 Å². The molecule has 0 aromatic rings. The Labute approximate surface area is 76.4 Å². The van der Waals surface area contributed by atoms with Crippen molar-refractivity contribution in [1.29, 1.82) is 0 Å². The molecule has 0 aliphatic rings. The highest BCUT2D eigenvalue weighted by Crippen LogP contribution is 2.12. The molecule has 0 heterocycles. The van der Waals surface area contributed by atoms with Gasteiger partial charge in [0.15, 0.2) is 0 Å². The Morgan fingerprint density at radius 3 is 2.27 bits per heavy atom. The van der Waals surface area contributed by atoms with Crippen LogP contribution in [0.1, 0.15) is 27.7 Å². The summed E-state index contributed by atoms with van der Waals surface area (Å²) in [5.41, 5.74) is -0.368. The van der Waals surface area contributed by atoms with E-state index in [1.807, 2.05) is 27.7 Å². The Morgan fingerprint density at radius 2 is 2.00 bits per heavy atom. The summed E-state index contributed by atoms with van der Waals surface area (Å²) in [5.74, 6) is -0.205. The predicted octanol–water partition coefficient (Wildman–Crippen LogP) is 2.36. The first-order valence-corrected chi connectivity index (χ1v) is 4.78. The van der Waals surface area contributed by atoms with Crippen LogP contribution >= 0.6 is 15.9 Å². The van der Waals surface area contributed by atoms with Gasteiger partial charge in [0.05, 0.1) is 5.92 Å². The van der Waals surface area contributed by atoms with Crippen molar-refractivity contribution in [2.75, 3.05) is 5.33 Å². The molecule has 0 aromatic carbocycles. The van der Waals surface area contributed by atoms with Gasteiger partial charge in [-0.15, -0.1) is 0 Å². The zero-order valence-electron chi connectivity index (χ0n) is 7.48. The third kappa shape index (κ3) is 5.24. The lowest BCUT2D eigenvalue weighted by atomic mass is 10.1. The first-order valence-electron chi connectivity index (χ1n) is 3.65. The lowest BCUT2D eigenvalue weighted by Gasteiger charge is -2.21. The SMILES string of the molecule is CC(CBr)C(=O)OC(C)(C)C. The first kappa shape index (κ1) is 11.0. The largest absolute Gasteiger partial charge is 0.460 e. The van der Waals surface area contributed by atoms with E-state index in [0.29, 0.717) is 5.33 Å². The van der Waals surface area contributed by atoms with E-state index in [1.54, 1.807) is 0 Å². The van der Waals surface area contributed by atoms with E-state index in [9.17, 15) is 4.79 Å². The van der Waals surface area contributed by atoms with E-state index in [0.717, 1.165) is 0 Å². The van der Waals surface area contributed by atoms with Crippen molar-refractivity contribution in [3.8, 4) is 0 Å². The summed E-state index contributed by atoms with van der Waals surface area (Å²) in [4.78, 5) is 11.1. The minimum Gasteiger partial charge on any atom is -0.460 e. The normalized spacial score (nSPS) is 14.3. The van der Waals surface area contributed by atoms with Gasteiger partial charge in [0, 0.05) is 5.33 Å². The van der Waals surface area contributed by atoms with Crippen LogP contribution in [0.15, 0.2) is 0 Å². The van der Waals surface area contributed by atoms with Gasteiger partial charge in [-0.2, -0.15) is 0 Å². The number of carbonyl (C=O) groups is 1. The van der Waals surface area contributed by atoms with Gasteiger partial charge >= 0.3 is 5.97 Å². The topological polar surface area (TPSA) is 26.3 Å². The molecule has 1 atom stereocenters. The highest BCUT2D eigenvalue weighted by molar-refractivity contribution is 9.09. The van der Waals surface area contributed by atoms with Gasteiger partial charge < -0.3 is 4.74 Å². The molecule has 3 heteroatoms. The Balaban J connectivity index is 3.88. The molecule has 66 valence electrons. The maximum Gasteiger partial charge on any atom is 0.310 e. The average Bonchev–Trinajstić information content (AvgIpc) is 1.82. The summed E-state index contributed by atoms with van der Waals surface area (Å²) in [6, 6.07) is 0. The zero-order chi connectivity index (χ0) is 9.07. The Kier molecular flexibility index (Phi) is 4.08. The van der Waals surface area contributed by atoms with E-state index >= 15 is 0 Å². The van der Waals surface area contributed by atoms with Crippen molar-refractivity contribution in [2.24, 2.45) is 5.92 Å². The molecule has 11 heavy (non-hydrogen) atoms. The van der Waals surface area contributed by atoms with Crippen LogP contribution < -0.4 is 0 Å². The molecule has 0 saturated heterocycles. The van der Waals surface area contributed by atoms with Gasteiger partial charge in [0.2, 0.25) is 0 Å². The molecule has 0 saturated carbocycles. The van der Waals surface area contributed by atoms with Crippen molar-refractivity contribution >= 4 is 21.9 Å². The van der Waals surface area contributed by atoms with E-state index in [1.165, 1.54) is 0 Å². The highest BCUT2D eigenvalue weighted by atomic mass is 79.9. The number of esters is 1. The van der Waals surface area contributed by atoms with Crippen molar-refractivity contribution < 1.29 is 9.53 Å². The van der Waals surface area contributed by atoms with Crippen molar-refractivity contribution in [3.05, 3.63) is 0 Å². The van der Waals surface area contributed by atoms with Crippen LogP contribution in [-0.4, -0.2) is 16.9 Å². The summed E-state index contributed by atoms with van der Waals surface area (Å²) >= 11 is 3.22. The van der Waals surface area contributed by atoms with E-state index in [2.05, 4.69) is 15.9 Å². The fraction of sp³-hybridized carbons (Fsp3) is 0.875. The molecule has 0 aromatic heterocycles. The summed E-state index contributed by atoms with van der Waals surface area (Å²) in [6.07, 6.45) is 0. The van der Waals surface area contributed by atoms with E-state index in [-0.39, 0.29) is 17.5 Å². The molecule has 0 bridgehead atoms. The predicted molar refractivity (Wildman–Crippen MR) is 48.8 cm³/mol. The smallest absolute Gasteiger partial charge is 0.310 e. The number of hydrogen-bond donors (Lipinski definition) is 0. The van der Waals surface area contributed by atoms with Crippen LogP contribution in [0.25, 0.3) is 0 Å². The lowest BCUT2D eigenvalue weighted by Crippen LogP contribution is -2.28. The molecule has 0 fully saturated rings. The maximum atomic E-state index is 11.1. The van der Waals surface area contributed by atoms with Crippen LogP contribution in [0.2, 0.25) is 0 Å². The molecule has 0 aliphatic heterocycles. The summed E-state index contributed by atoms with van der Waals surface area (Å²) in [5, 5.41) is 0.655. The maximum absolute atomic E-state index is 11.1. The second kappa shape index (κ2) is 4.10. The zero-order valence-corrected chi connectivity index (χ0v) is 9.06. The molecule has 0 spiro atoms. The van der Waals surface area contributed by atoms with Gasteiger partial charge in [-0.05, 0) is 20.8 Å². The van der Waals surface area contributed by atoms with Gasteiger partial charge in [-0.3, -0.25) is 4.79 Å². The standard InChI is InChI=1S/C8H15BrO2/c1-6(5-9)7(10)11-8(2,3)4/h6H,5H2,1-4H3. The second-order valence-corrected chi connectivity index (χ2v) is 4.24. The van der Waals surface area contributed by atoms with Crippen LogP contribution in [0, 0.1) is 5.92 Å². The minimum atomic E-state index is -0.368. The van der Waals surface area contributed by atoms with Gasteiger partial charge in [-0.25, -0.2) is 0 Å². The molecule has 0 N–H and O–H groups in total. The number of alkyl halides is 1. The monoisotopic (exact) mass is 222 g/mol. The number of carbonyl (C=O) groups excluding carboxylic acids is 1. The van der Waals surface area contributed by atoms with Gasteiger partial charge in [0.1, 0.15) is 5.60 Å². The Morgan fingerprint density at radius 1 is 1.55 bits per heavy atom. The van der Waals surface area contributed by atoms with Crippen LogP contribution in [0.5, 0.6) is 0 Å². The molecule has 2 nitrogen and oxygen atoms in total. The average molecular weight is 223 g/mol. The molecular formula is C8H15BrO2. The third-order valence-corrected chi connectivity index (χ3v) is 2.01. The fourth-order valence-corrected chi connectivity index (χ4v) is 0.730. The van der Waals surface area contributed by atoms with Crippen molar-refractivity contribution in [2.45, 2.75) is 33.3 Å². The van der Waals surface area contributed by atoms with Gasteiger partial charge in [0.25, 0.3) is 0 Å². The molecule has 0 radical (unpaired) electrons. The molecular weight excluding hydrogens is 208 g/mol. The first-order chi connectivity index (χ1) is 4.87. The minimum absolute atomic E-state index is 0.0609. The number of halogens is 1. The molecule has 1 unspecified atom stereocenters. The summed E-state index contributed by atoms with van der Waals surface area (Å²) < 4.78 is 5.12. The second-order valence-electron chi connectivity index (χ2n) is 3.59. The number of rotatable bonds is 2. The highest BCUT2D eigenvalue weighted by Gasteiger charge is 2.20. The van der Waals surface area contributed by atoms with Crippen LogP contribution in [0.3, 0.4) is 0 Å².